The maximum Gasteiger partial charge on any atom is 0.267 e. The van der Waals surface area contributed by atoms with Gasteiger partial charge in [-0.25, -0.2) is 0 Å². The monoisotopic (exact) mass is 279 g/mol. The number of carbonyl (C=O) groups excluding carboxylic acids is 1. The number of nitrogens with zero attached hydrogens (tertiary/aromatic N) is 5. The second-order valence-electron chi connectivity index (χ2n) is 4.57. The second-order valence-corrected chi connectivity index (χ2v) is 5.32. The van der Waals surface area contributed by atoms with E-state index in [1.807, 2.05) is 11.8 Å². The molecule has 1 aliphatic heterocycles. The number of hydrogen-bond acceptors (Lipinski definition) is 6. The highest BCUT2D eigenvalue weighted by Crippen LogP contribution is 2.15. The molecule has 0 saturated carbocycles. The average molecular weight is 279 g/mol. The molecule has 2 rings (SSSR count). The van der Waals surface area contributed by atoms with Gasteiger partial charge < -0.3 is 4.90 Å². The molecule has 1 amide bonds. The predicted octanol–water partition coefficient (Wildman–Crippen LogP) is 0.906. The fourth-order valence-corrected chi connectivity index (χ4v) is 2.86. The first kappa shape index (κ1) is 13.9. The van der Waals surface area contributed by atoms with Crippen LogP contribution in [0.1, 0.15) is 28.7 Å². The lowest BCUT2D eigenvalue weighted by molar-refractivity contribution is 0.0608. The highest BCUT2D eigenvalue weighted by Gasteiger charge is 2.27. The molecule has 1 atom stereocenters. The van der Waals surface area contributed by atoms with Crippen LogP contribution >= 0.6 is 11.5 Å². The molecule has 1 aromatic rings. The van der Waals surface area contributed by atoms with Gasteiger partial charge in [0, 0.05) is 26.2 Å². The molecule has 1 unspecified atom stereocenters. The third-order valence-electron chi connectivity index (χ3n) is 3.42. The summed E-state index contributed by atoms with van der Waals surface area (Å²) in [4.78, 5) is 16.9. The van der Waals surface area contributed by atoms with Gasteiger partial charge in [-0.15, -0.1) is 5.10 Å². The van der Waals surface area contributed by atoms with E-state index in [0.717, 1.165) is 31.0 Å². The van der Waals surface area contributed by atoms with Crippen molar-refractivity contribution in [3.05, 3.63) is 10.6 Å². The Hall–Kier alpha value is -1.52. The summed E-state index contributed by atoms with van der Waals surface area (Å²) in [5.41, 5.74) is 0.695. The summed E-state index contributed by atoms with van der Waals surface area (Å²) in [7, 11) is 0. The molecule has 0 aromatic carbocycles. The van der Waals surface area contributed by atoms with Gasteiger partial charge in [0.05, 0.1) is 17.8 Å². The Labute approximate surface area is 116 Å². The van der Waals surface area contributed by atoms with Crippen molar-refractivity contribution in [3.63, 3.8) is 0 Å². The zero-order valence-corrected chi connectivity index (χ0v) is 12.0. The normalized spacial score (nSPS) is 18.1. The Bertz CT molecular complexity index is 487. The van der Waals surface area contributed by atoms with Gasteiger partial charge in [0.25, 0.3) is 5.91 Å². The fraction of sp³-hybridized carbons (Fsp3) is 0.667. The number of nitriles is 1. The Morgan fingerprint density at radius 3 is 2.63 bits per heavy atom. The third-order valence-corrected chi connectivity index (χ3v) is 4.24. The van der Waals surface area contributed by atoms with Crippen LogP contribution in [0.5, 0.6) is 0 Å². The quantitative estimate of drug-likeness (QED) is 0.822. The largest absolute Gasteiger partial charge is 0.335 e. The lowest BCUT2D eigenvalue weighted by Crippen LogP contribution is -2.51. The summed E-state index contributed by atoms with van der Waals surface area (Å²) in [5, 5.41) is 12.9. The molecule has 7 heteroatoms. The van der Waals surface area contributed by atoms with Gasteiger partial charge in [-0.05, 0) is 24.9 Å². The maximum absolute atomic E-state index is 12.3. The van der Waals surface area contributed by atoms with E-state index in [1.54, 1.807) is 6.92 Å². The van der Waals surface area contributed by atoms with Crippen LogP contribution in [0, 0.1) is 18.3 Å². The van der Waals surface area contributed by atoms with Crippen molar-refractivity contribution in [2.24, 2.45) is 0 Å². The van der Waals surface area contributed by atoms with Crippen molar-refractivity contribution in [1.82, 2.24) is 19.4 Å². The van der Waals surface area contributed by atoms with E-state index in [0.29, 0.717) is 23.7 Å². The van der Waals surface area contributed by atoms with Gasteiger partial charge in [-0.3, -0.25) is 9.69 Å². The average Bonchev–Trinajstić information content (AvgIpc) is 2.86. The van der Waals surface area contributed by atoms with E-state index in [2.05, 4.69) is 20.6 Å². The molecule has 19 heavy (non-hydrogen) atoms. The van der Waals surface area contributed by atoms with Crippen LogP contribution in [-0.2, 0) is 0 Å². The van der Waals surface area contributed by atoms with E-state index in [-0.39, 0.29) is 11.9 Å². The minimum atomic E-state index is -0.0379. The molecule has 1 saturated heterocycles. The Morgan fingerprint density at radius 1 is 1.47 bits per heavy atom. The molecule has 0 bridgehead atoms. The number of carbonyl (C=O) groups is 1. The van der Waals surface area contributed by atoms with Gasteiger partial charge in [-0.2, -0.15) is 5.26 Å². The molecule has 6 nitrogen and oxygen atoms in total. The first-order chi connectivity index (χ1) is 9.17. The van der Waals surface area contributed by atoms with Gasteiger partial charge in [0.2, 0.25) is 0 Å². The van der Waals surface area contributed by atoms with Crippen molar-refractivity contribution < 1.29 is 4.79 Å². The summed E-state index contributed by atoms with van der Waals surface area (Å²) in [6.45, 7) is 6.64. The van der Waals surface area contributed by atoms with Gasteiger partial charge in [0.15, 0.2) is 0 Å². The molecule has 1 aliphatic rings. The first-order valence-electron chi connectivity index (χ1n) is 6.39. The Morgan fingerprint density at radius 2 is 2.16 bits per heavy atom. The molecule has 1 aromatic heterocycles. The van der Waals surface area contributed by atoms with Crippen LogP contribution in [-0.4, -0.2) is 57.5 Å². The molecule has 2 heterocycles. The third kappa shape index (κ3) is 2.91. The number of amides is 1. The maximum atomic E-state index is 12.3. The lowest BCUT2D eigenvalue weighted by atomic mass is 10.2. The zero-order valence-electron chi connectivity index (χ0n) is 11.2. The smallest absolute Gasteiger partial charge is 0.267 e. The molecule has 0 spiro atoms. The fourth-order valence-electron chi connectivity index (χ4n) is 2.24. The number of piperazine rings is 1. The minimum absolute atomic E-state index is 0.0113. The summed E-state index contributed by atoms with van der Waals surface area (Å²) in [5.74, 6) is 0.0113. The van der Waals surface area contributed by atoms with E-state index in [4.69, 9.17) is 5.26 Å². The standard InChI is InChI=1S/C12H17N5OS/c1-3-10(8-13)16-4-6-17(7-5-16)12(18)11-9(2)14-15-19-11/h10H,3-7H2,1-2H3. The molecule has 0 N–H and O–H groups in total. The van der Waals surface area contributed by atoms with Crippen molar-refractivity contribution in [2.75, 3.05) is 26.2 Å². The van der Waals surface area contributed by atoms with Crippen LogP contribution in [0.3, 0.4) is 0 Å². The van der Waals surface area contributed by atoms with Crippen LogP contribution in [0.2, 0.25) is 0 Å². The van der Waals surface area contributed by atoms with Gasteiger partial charge in [-0.1, -0.05) is 11.4 Å². The van der Waals surface area contributed by atoms with Crippen molar-refractivity contribution in [2.45, 2.75) is 26.3 Å². The summed E-state index contributed by atoms with van der Waals surface area (Å²) >= 11 is 1.15. The van der Waals surface area contributed by atoms with Gasteiger partial charge >= 0.3 is 0 Å². The minimum Gasteiger partial charge on any atom is -0.335 e. The highest BCUT2D eigenvalue weighted by atomic mass is 32.1. The molecular weight excluding hydrogens is 262 g/mol. The van der Waals surface area contributed by atoms with E-state index < -0.39 is 0 Å². The first-order valence-corrected chi connectivity index (χ1v) is 7.16. The molecular formula is C12H17N5OS. The second kappa shape index (κ2) is 6.08. The SMILES string of the molecule is CCC(C#N)N1CCN(C(=O)c2snnc2C)CC1. The summed E-state index contributed by atoms with van der Waals surface area (Å²) in [6.07, 6.45) is 0.822. The Kier molecular flexibility index (Phi) is 4.45. The van der Waals surface area contributed by atoms with E-state index in [9.17, 15) is 4.79 Å². The van der Waals surface area contributed by atoms with Crippen molar-refractivity contribution in [1.29, 1.82) is 5.26 Å². The predicted molar refractivity (Wildman–Crippen MR) is 71.8 cm³/mol. The summed E-state index contributed by atoms with van der Waals surface area (Å²) in [6, 6.07) is 2.27. The van der Waals surface area contributed by atoms with Crippen molar-refractivity contribution >= 4 is 17.4 Å². The molecule has 102 valence electrons. The number of aromatic nitrogens is 2. The van der Waals surface area contributed by atoms with Gasteiger partial charge in [0.1, 0.15) is 4.88 Å². The summed E-state index contributed by atoms with van der Waals surface area (Å²) < 4.78 is 3.80. The number of aryl methyl sites for hydroxylation is 1. The van der Waals surface area contributed by atoms with Crippen LogP contribution in [0.15, 0.2) is 0 Å². The number of rotatable bonds is 3. The van der Waals surface area contributed by atoms with Crippen molar-refractivity contribution in [3.8, 4) is 6.07 Å². The van der Waals surface area contributed by atoms with Crippen LogP contribution in [0.25, 0.3) is 0 Å². The molecule has 0 aliphatic carbocycles. The zero-order chi connectivity index (χ0) is 13.8. The number of hydrogen-bond donors (Lipinski definition) is 0. The van der Waals surface area contributed by atoms with E-state index in [1.165, 1.54) is 0 Å². The molecule has 1 fully saturated rings. The Balaban J connectivity index is 1.96. The van der Waals surface area contributed by atoms with Crippen LogP contribution in [0.4, 0.5) is 0 Å². The van der Waals surface area contributed by atoms with E-state index >= 15 is 0 Å². The topological polar surface area (TPSA) is 73.1 Å². The van der Waals surface area contributed by atoms with Crippen LogP contribution < -0.4 is 0 Å². The lowest BCUT2D eigenvalue weighted by Gasteiger charge is -2.36. The highest BCUT2D eigenvalue weighted by molar-refractivity contribution is 7.07. The molecule has 0 radical (unpaired) electrons.